The standard InChI is InChI=1S/C17H17N3O2/c1-21-17-9-7-15(8-10-17)20-16(11-18-19-20)13-22-12-14-5-3-2-4-6-14/h2-11H,12-13H2,1H3. The van der Waals surface area contributed by atoms with E-state index in [1.54, 1.807) is 18.0 Å². The number of methoxy groups -OCH3 is 1. The molecule has 2 aromatic carbocycles. The van der Waals surface area contributed by atoms with E-state index in [4.69, 9.17) is 9.47 Å². The molecule has 0 spiro atoms. The predicted octanol–water partition coefficient (Wildman–Crippen LogP) is 2.99. The third kappa shape index (κ3) is 3.32. The van der Waals surface area contributed by atoms with Gasteiger partial charge in [-0.25, -0.2) is 4.68 Å². The maximum Gasteiger partial charge on any atom is 0.119 e. The summed E-state index contributed by atoms with van der Waals surface area (Å²) < 4.78 is 12.7. The molecule has 3 rings (SSSR count). The molecule has 1 aromatic heterocycles. The summed E-state index contributed by atoms with van der Waals surface area (Å²) in [4.78, 5) is 0. The van der Waals surface area contributed by atoms with Crippen molar-refractivity contribution in [2.24, 2.45) is 0 Å². The molecule has 0 N–H and O–H groups in total. The fourth-order valence-corrected chi connectivity index (χ4v) is 2.14. The summed E-state index contributed by atoms with van der Waals surface area (Å²) in [6.45, 7) is 1.02. The summed E-state index contributed by atoms with van der Waals surface area (Å²) >= 11 is 0. The van der Waals surface area contributed by atoms with Crippen molar-refractivity contribution in [3.8, 4) is 11.4 Å². The second kappa shape index (κ2) is 6.87. The van der Waals surface area contributed by atoms with Gasteiger partial charge in [-0.15, -0.1) is 5.10 Å². The monoisotopic (exact) mass is 295 g/mol. The second-order valence-corrected chi connectivity index (χ2v) is 4.81. The molecule has 0 radical (unpaired) electrons. The van der Waals surface area contributed by atoms with Crippen LogP contribution in [0.15, 0.2) is 60.8 Å². The van der Waals surface area contributed by atoms with Crippen LogP contribution in [0.25, 0.3) is 5.69 Å². The van der Waals surface area contributed by atoms with Gasteiger partial charge in [-0.1, -0.05) is 35.5 Å². The minimum Gasteiger partial charge on any atom is -0.497 e. The maximum absolute atomic E-state index is 5.75. The van der Waals surface area contributed by atoms with Crippen LogP contribution in [0.5, 0.6) is 5.75 Å². The van der Waals surface area contributed by atoms with E-state index < -0.39 is 0 Å². The number of hydrogen-bond acceptors (Lipinski definition) is 4. The number of ether oxygens (including phenoxy) is 2. The molecule has 0 aliphatic carbocycles. The molecule has 0 bridgehead atoms. The number of aromatic nitrogens is 3. The van der Waals surface area contributed by atoms with Crippen molar-refractivity contribution >= 4 is 0 Å². The van der Waals surface area contributed by atoms with Gasteiger partial charge >= 0.3 is 0 Å². The fraction of sp³-hybridized carbons (Fsp3) is 0.176. The van der Waals surface area contributed by atoms with Crippen LogP contribution in [-0.4, -0.2) is 22.1 Å². The molecule has 1 heterocycles. The van der Waals surface area contributed by atoms with Gasteiger partial charge in [0.2, 0.25) is 0 Å². The molecule has 0 saturated heterocycles. The van der Waals surface area contributed by atoms with Crippen LogP contribution >= 0.6 is 0 Å². The number of hydrogen-bond donors (Lipinski definition) is 0. The Bertz CT molecular complexity index is 708. The van der Waals surface area contributed by atoms with E-state index in [-0.39, 0.29) is 0 Å². The van der Waals surface area contributed by atoms with Crippen molar-refractivity contribution in [2.75, 3.05) is 7.11 Å². The Morgan fingerprint density at radius 3 is 2.45 bits per heavy atom. The first-order valence-corrected chi connectivity index (χ1v) is 7.02. The first-order valence-electron chi connectivity index (χ1n) is 7.02. The highest BCUT2D eigenvalue weighted by atomic mass is 16.5. The summed E-state index contributed by atoms with van der Waals surface area (Å²) in [6, 6.07) is 17.7. The summed E-state index contributed by atoms with van der Waals surface area (Å²) in [5.74, 6) is 0.811. The largest absolute Gasteiger partial charge is 0.497 e. The molecule has 5 heteroatoms. The molecule has 0 aliphatic rings. The van der Waals surface area contributed by atoms with Crippen LogP contribution in [0, 0.1) is 0 Å². The molecule has 0 aliphatic heterocycles. The van der Waals surface area contributed by atoms with Crippen molar-refractivity contribution in [1.82, 2.24) is 15.0 Å². The van der Waals surface area contributed by atoms with Crippen molar-refractivity contribution in [2.45, 2.75) is 13.2 Å². The molecule has 0 fully saturated rings. The van der Waals surface area contributed by atoms with E-state index in [2.05, 4.69) is 10.3 Å². The Hall–Kier alpha value is -2.66. The lowest BCUT2D eigenvalue weighted by molar-refractivity contribution is 0.103. The average Bonchev–Trinajstić information content (AvgIpc) is 3.04. The van der Waals surface area contributed by atoms with Crippen molar-refractivity contribution < 1.29 is 9.47 Å². The average molecular weight is 295 g/mol. The summed E-state index contributed by atoms with van der Waals surface area (Å²) in [5, 5.41) is 8.08. The highest BCUT2D eigenvalue weighted by Gasteiger charge is 2.07. The van der Waals surface area contributed by atoms with Gasteiger partial charge in [0.1, 0.15) is 5.75 Å². The van der Waals surface area contributed by atoms with Gasteiger partial charge in [0.05, 0.1) is 37.9 Å². The van der Waals surface area contributed by atoms with Crippen molar-refractivity contribution in [3.63, 3.8) is 0 Å². The third-order valence-corrected chi connectivity index (χ3v) is 3.30. The third-order valence-electron chi connectivity index (χ3n) is 3.30. The van der Waals surface area contributed by atoms with E-state index in [0.29, 0.717) is 13.2 Å². The van der Waals surface area contributed by atoms with E-state index in [9.17, 15) is 0 Å². The van der Waals surface area contributed by atoms with Gasteiger partial charge in [-0.05, 0) is 29.8 Å². The van der Waals surface area contributed by atoms with Crippen LogP contribution in [0.4, 0.5) is 0 Å². The molecule has 0 atom stereocenters. The van der Waals surface area contributed by atoms with Crippen molar-refractivity contribution in [1.29, 1.82) is 0 Å². The molecular weight excluding hydrogens is 278 g/mol. The van der Waals surface area contributed by atoms with Gasteiger partial charge in [0, 0.05) is 0 Å². The lowest BCUT2D eigenvalue weighted by Crippen LogP contribution is -2.04. The second-order valence-electron chi connectivity index (χ2n) is 4.81. The Morgan fingerprint density at radius 1 is 0.955 bits per heavy atom. The lowest BCUT2D eigenvalue weighted by Gasteiger charge is -2.08. The molecule has 3 aromatic rings. The van der Waals surface area contributed by atoms with Gasteiger partial charge in [-0.2, -0.15) is 0 Å². The highest BCUT2D eigenvalue weighted by Crippen LogP contribution is 2.16. The predicted molar refractivity (Wildman–Crippen MR) is 82.8 cm³/mol. The summed E-state index contributed by atoms with van der Waals surface area (Å²) in [6.07, 6.45) is 1.72. The minimum atomic E-state index is 0.452. The molecular formula is C17H17N3O2. The van der Waals surface area contributed by atoms with E-state index in [0.717, 1.165) is 22.7 Å². The van der Waals surface area contributed by atoms with Crippen molar-refractivity contribution in [3.05, 3.63) is 72.1 Å². The quantitative estimate of drug-likeness (QED) is 0.701. The Kier molecular flexibility index (Phi) is 4.46. The normalized spacial score (nSPS) is 10.6. The number of nitrogens with zero attached hydrogens (tertiary/aromatic N) is 3. The van der Waals surface area contributed by atoms with E-state index >= 15 is 0 Å². The summed E-state index contributed by atoms with van der Waals surface area (Å²) in [7, 11) is 1.65. The zero-order chi connectivity index (χ0) is 15.2. The first-order chi connectivity index (χ1) is 10.9. The van der Waals surface area contributed by atoms with Gasteiger partial charge < -0.3 is 9.47 Å². The van der Waals surface area contributed by atoms with E-state index in [1.165, 1.54) is 0 Å². The smallest absolute Gasteiger partial charge is 0.119 e. The molecule has 112 valence electrons. The fourth-order valence-electron chi connectivity index (χ4n) is 2.14. The minimum absolute atomic E-state index is 0.452. The van der Waals surface area contributed by atoms with Crippen LogP contribution < -0.4 is 4.74 Å². The SMILES string of the molecule is COc1ccc(-n2nncc2COCc2ccccc2)cc1. The van der Waals surface area contributed by atoms with Crippen LogP contribution in [0.3, 0.4) is 0 Å². The molecule has 0 unspecified atom stereocenters. The van der Waals surface area contributed by atoms with Crippen LogP contribution in [0.2, 0.25) is 0 Å². The summed E-state index contributed by atoms with van der Waals surface area (Å²) in [5.41, 5.74) is 2.98. The zero-order valence-electron chi connectivity index (χ0n) is 12.3. The van der Waals surface area contributed by atoms with Crippen LogP contribution in [-0.2, 0) is 18.0 Å². The number of rotatable bonds is 6. The van der Waals surface area contributed by atoms with Gasteiger partial charge in [0.15, 0.2) is 0 Å². The molecule has 22 heavy (non-hydrogen) atoms. The molecule has 0 saturated carbocycles. The lowest BCUT2D eigenvalue weighted by atomic mass is 10.2. The van der Waals surface area contributed by atoms with Gasteiger partial charge in [-0.3, -0.25) is 0 Å². The molecule has 5 nitrogen and oxygen atoms in total. The number of benzene rings is 2. The van der Waals surface area contributed by atoms with Gasteiger partial charge in [0.25, 0.3) is 0 Å². The maximum atomic E-state index is 5.75. The topological polar surface area (TPSA) is 49.2 Å². The Morgan fingerprint density at radius 2 is 1.73 bits per heavy atom. The molecule has 0 amide bonds. The van der Waals surface area contributed by atoms with Crippen LogP contribution in [0.1, 0.15) is 11.3 Å². The first kappa shape index (κ1) is 14.3. The highest BCUT2D eigenvalue weighted by molar-refractivity contribution is 5.37. The zero-order valence-corrected chi connectivity index (χ0v) is 12.3. The Labute approximate surface area is 129 Å². The Balaban J connectivity index is 1.66. The van der Waals surface area contributed by atoms with E-state index in [1.807, 2.05) is 54.6 Å².